The lowest BCUT2D eigenvalue weighted by Crippen LogP contribution is -2.49. The zero-order valence-electron chi connectivity index (χ0n) is 26.1. The standard InChI is InChI=1S/C34H40N10O2/c1-43-22-28(21-40-43)26-9-14-31(36-19-26)44(34(45)39-17-24-6-3-2-4-7-24)30-12-10-29(11-13-30)41-33-38-20-27(16-35)32(42-33)37-18-25-8-5-15-46-23-25/h2-4,6-7,9,14,19-22,25,29-30H,5,8,10-13,15,17-18,23H2,1H3,(H,39,45)(H2,37,38,41,42)/t25?,29-,30-. The molecule has 4 aromatic rings. The number of ether oxygens (including phenoxy) is 1. The van der Waals surface area contributed by atoms with Gasteiger partial charge in [-0.25, -0.2) is 14.8 Å². The number of hydrogen-bond acceptors (Lipinski definition) is 9. The van der Waals surface area contributed by atoms with E-state index in [9.17, 15) is 10.1 Å². The lowest BCUT2D eigenvalue weighted by Gasteiger charge is -2.36. The van der Waals surface area contributed by atoms with Gasteiger partial charge in [0.1, 0.15) is 23.3 Å². The van der Waals surface area contributed by atoms with E-state index in [1.807, 2.05) is 55.7 Å². The quantitative estimate of drug-likeness (QED) is 0.220. The summed E-state index contributed by atoms with van der Waals surface area (Å²) >= 11 is 0. The van der Waals surface area contributed by atoms with Gasteiger partial charge in [-0.15, -0.1) is 0 Å². The molecule has 0 bridgehead atoms. The van der Waals surface area contributed by atoms with E-state index in [1.54, 1.807) is 28.2 Å². The first-order chi connectivity index (χ1) is 22.6. The van der Waals surface area contributed by atoms with Gasteiger partial charge >= 0.3 is 6.03 Å². The Bertz CT molecular complexity index is 1620. The molecule has 1 saturated heterocycles. The van der Waals surface area contributed by atoms with E-state index < -0.39 is 0 Å². The summed E-state index contributed by atoms with van der Waals surface area (Å²) in [6.45, 7) is 2.67. The number of benzene rings is 1. The van der Waals surface area contributed by atoms with E-state index in [0.717, 1.165) is 68.4 Å². The highest BCUT2D eigenvalue weighted by Gasteiger charge is 2.31. The second kappa shape index (κ2) is 14.8. The van der Waals surface area contributed by atoms with Gasteiger partial charge in [-0.3, -0.25) is 9.58 Å². The molecule has 4 heterocycles. The third-order valence-corrected chi connectivity index (χ3v) is 8.66. The molecule has 12 heteroatoms. The van der Waals surface area contributed by atoms with Crippen LogP contribution in [0.2, 0.25) is 0 Å². The number of anilines is 3. The summed E-state index contributed by atoms with van der Waals surface area (Å²) in [5.74, 6) is 2.05. The van der Waals surface area contributed by atoms with Crippen LogP contribution in [0.15, 0.2) is 67.3 Å². The van der Waals surface area contributed by atoms with Gasteiger partial charge in [0, 0.05) is 62.3 Å². The van der Waals surface area contributed by atoms with E-state index in [0.29, 0.717) is 42.2 Å². The molecular formula is C34H40N10O2. The first-order valence-corrected chi connectivity index (χ1v) is 16.0. The van der Waals surface area contributed by atoms with Crippen molar-refractivity contribution < 1.29 is 9.53 Å². The van der Waals surface area contributed by atoms with E-state index >= 15 is 0 Å². The molecule has 1 saturated carbocycles. The van der Waals surface area contributed by atoms with Crippen LogP contribution in [0.5, 0.6) is 0 Å². The van der Waals surface area contributed by atoms with E-state index in [4.69, 9.17) is 9.72 Å². The molecule has 6 rings (SSSR count). The van der Waals surface area contributed by atoms with E-state index in [2.05, 4.69) is 37.1 Å². The van der Waals surface area contributed by atoms with Gasteiger partial charge in [-0.05, 0) is 62.1 Å². The SMILES string of the molecule is Cn1cc(-c2ccc(N(C(=O)NCc3ccccc3)[C@H]3CC[C@H](Nc4ncc(C#N)c(NCC5CCCOC5)n4)CC3)nc2)cn1. The smallest absolute Gasteiger partial charge is 0.323 e. The maximum absolute atomic E-state index is 13.7. The first-order valence-electron chi connectivity index (χ1n) is 16.0. The Morgan fingerprint density at radius 3 is 2.59 bits per heavy atom. The molecule has 2 fully saturated rings. The van der Waals surface area contributed by atoms with Gasteiger partial charge in [-0.2, -0.15) is 15.3 Å². The third kappa shape index (κ3) is 7.79. The minimum Gasteiger partial charge on any atom is -0.381 e. The highest BCUT2D eigenvalue weighted by Crippen LogP contribution is 2.30. The highest BCUT2D eigenvalue weighted by molar-refractivity contribution is 5.91. The Hall–Kier alpha value is -5.02. The zero-order valence-corrected chi connectivity index (χ0v) is 26.1. The predicted octanol–water partition coefficient (Wildman–Crippen LogP) is 5.12. The molecule has 2 aliphatic rings. The number of rotatable bonds is 10. The van der Waals surface area contributed by atoms with Crippen molar-refractivity contribution in [2.24, 2.45) is 13.0 Å². The van der Waals surface area contributed by atoms with Crippen LogP contribution in [-0.2, 0) is 18.3 Å². The van der Waals surface area contributed by atoms with Crippen LogP contribution in [0.3, 0.4) is 0 Å². The number of amides is 2. The van der Waals surface area contributed by atoms with Crippen molar-refractivity contribution in [3.63, 3.8) is 0 Å². The fourth-order valence-corrected chi connectivity index (χ4v) is 6.12. The Balaban J connectivity index is 1.11. The zero-order chi connectivity index (χ0) is 31.7. The summed E-state index contributed by atoms with van der Waals surface area (Å²) in [7, 11) is 1.88. The molecule has 0 spiro atoms. The highest BCUT2D eigenvalue weighted by atomic mass is 16.5. The molecule has 12 nitrogen and oxygen atoms in total. The number of pyridine rings is 1. The molecule has 3 aromatic heterocycles. The van der Waals surface area contributed by atoms with Crippen molar-refractivity contribution in [2.45, 2.75) is 57.2 Å². The molecule has 1 aliphatic heterocycles. The monoisotopic (exact) mass is 620 g/mol. The van der Waals surface area contributed by atoms with Crippen molar-refractivity contribution >= 4 is 23.6 Å². The second-order valence-corrected chi connectivity index (χ2v) is 12.0. The largest absolute Gasteiger partial charge is 0.381 e. The number of carbonyl (C=O) groups excluding carboxylic acids is 1. The lowest BCUT2D eigenvalue weighted by atomic mass is 9.90. The maximum atomic E-state index is 13.7. The lowest BCUT2D eigenvalue weighted by molar-refractivity contribution is 0.0595. The molecule has 1 aromatic carbocycles. The van der Waals surface area contributed by atoms with Crippen molar-refractivity contribution in [3.8, 4) is 17.2 Å². The normalized spacial score (nSPS) is 19.5. The molecule has 1 aliphatic carbocycles. The molecule has 0 radical (unpaired) electrons. The van der Waals surface area contributed by atoms with Gasteiger partial charge in [-0.1, -0.05) is 30.3 Å². The van der Waals surface area contributed by atoms with Crippen LogP contribution in [-0.4, -0.2) is 62.6 Å². The summed E-state index contributed by atoms with van der Waals surface area (Å²) in [6.07, 6.45) is 12.5. The molecule has 238 valence electrons. The summed E-state index contributed by atoms with van der Waals surface area (Å²) in [6, 6.07) is 15.9. The Morgan fingerprint density at radius 1 is 1.04 bits per heavy atom. The van der Waals surface area contributed by atoms with Crippen molar-refractivity contribution in [1.82, 2.24) is 30.0 Å². The number of urea groups is 1. The second-order valence-electron chi connectivity index (χ2n) is 12.0. The fourth-order valence-electron chi connectivity index (χ4n) is 6.12. The first kappa shape index (κ1) is 31.0. The van der Waals surface area contributed by atoms with Gasteiger partial charge in [0.05, 0.1) is 19.0 Å². The minimum atomic E-state index is -0.170. The van der Waals surface area contributed by atoms with Crippen LogP contribution >= 0.6 is 0 Å². The summed E-state index contributed by atoms with van der Waals surface area (Å²) in [5, 5.41) is 23.8. The number of nitrogens with one attached hydrogen (secondary N) is 3. The van der Waals surface area contributed by atoms with Crippen LogP contribution in [0.1, 0.15) is 49.7 Å². The average molecular weight is 621 g/mol. The number of aryl methyl sites for hydroxylation is 1. The van der Waals surface area contributed by atoms with E-state index in [-0.39, 0.29) is 18.1 Å². The Labute approximate surface area is 269 Å². The van der Waals surface area contributed by atoms with Crippen LogP contribution < -0.4 is 20.9 Å². The fraction of sp³-hybridized carbons (Fsp3) is 0.412. The molecule has 1 atom stereocenters. The predicted molar refractivity (Wildman–Crippen MR) is 176 cm³/mol. The minimum absolute atomic E-state index is 0.0256. The summed E-state index contributed by atoms with van der Waals surface area (Å²) in [5.41, 5.74) is 3.37. The third-order valence-electron chi connectivity index (χ3n) is 8.66. The number of aromatic nitrogens is 5. The van der Waals surface area contributed by atoms with Gasteiger partial charge in [0.25, 0.3) is 0 Å². The van der Waals surface area contributed by atoms with Crippen molar-refractivity contribution in [2.75, 3.05) is 35.3 Å². The summed E-state index contributed by atoms with van der Waals surface area (Å²) < 4.78 is 7.35. The molecule has 2 amide bonds. The van der Waals surface area contributed by atoms with Gasteiger partial charge in [0.2, 0.25) is 5.95 Å². The maximum Gasteiger partial charge on any atom is 0.323 e. The number of hydrogen-bond donors (Lipinski definition) is 3. The molecule has 3 N–H and O–H groups in total. The average Bonchev–Trinajstić information content (AvgIpc) is 3.54. The number of nitriles is 1. The molecular weight excluding hydrogens is 580 g/mol. The Morgan fingerprint density at radius 2 is 1.89 bits per heavy atom. The van der Waals surface area contributed by atoms with Crippen LogP contribution in [0, 0.1) is 17.2 Å². The van der Waals surface area contributed by atoms with Crippen molar-refractivity contribution in [1.29, 1.82) is 5.26 Å². The van der Waals surface area contributed by atoms with Crippen LogP contribution in [0.25, 0.3) is 11.1 Å². The van der Waals surface area contributed by atoms with Crippen LogP contribution in [0.4, 0.5) is 22.4 Å². The molecule has 46 heavy (non-hydrogen) atoms. The van der Waals surface area contributed by atoms with Crippen molar-refractivity contribution in [3.05, 3.63) is 78.4 Å². The number of nitrogens with zero attached hydrogens (tertiary/aromatic N) is 7. The molecule has 1 unspecified atom stereocenters. The number of carbonyl (C=O) groups is 1. The topological polar surface area (TPSA) is 146 Å². The van der Waals surface area contributed by atoms with Gasteiger partial charge in [0.15, 0.2) is 0 Å². The Kier molecular flexibility index (Phi) is 10.00. The van der Waals surface area contributed by atoms with E-state index in [1.165, 1.54) is 0 Å². The van der Waals surface area contributed by atoms with Gasteiger partial charge < -0.3 is 20.7 Å². The summed E-state index contributed by atoms with van der Waals surface area (Å²) in [4.78, 5) is 29.3.